The smallest absolute Gasteiger partial charge is 0.159 e. The molecular weight excluding hydrogens is 679 g/mol. The van der Waals surface area contributed by atoms with Crippen molar-refractivity contribution in [2.24, 2.45) is 0 Å². The number of para-hydroxylation sites is 3. The van der Waals surface area contributed by atoms with E-state index >= 15 is 0 Å². The summed E-state index contributed by atoms with van der Waals surface area (Å²) in [4.78, 5) is 2.36. The molecule has 12 rings (SSSR count). The highest BCUT2D eigenvalue weighted by atomic mass is 16.3. The summed E-state index contributed by atoms with van der Waals surface area (Å²) < 4.78 is 6.64. The molecule has 9 aromatic carbocycles. The maximum atomic E-state index is 6.64. The van der Waals surface area contributed by atoms with Crippen LogP contribution in [-0.2, 0) is 10.8 Å². The fraction of sp³-hybridized carbons (Fsp3) is 0.111. The number of hydrogen-bond donors (Lipinski definition) is 0. The lowest BCUT2D eigenvalue weighted by Crippen LogP contribution is -2.17. The molecule has 0 fully saturated rings. The van der Waals surface area contributed by atoms with Crippen molar-refractivity contribution in [1.29, 1.82) is 0 Å². The maximum absolute atomic E-state index is 6.64. The second kappa shape index (κ2) is 11.0. The summed E-state index contributed by atoms with van der Waals surface area (Å²) in [5.74, 6) is 0. The fourth-order valence-corrected chi connectivity index (χ4v) is 10.7. The van der Waals surface area contributed by atoms with Crippen LogP contribution < -0.4 is 4.90 Å². The third-order valence-corrected chi connectivity index (χ3v) is 13.1. The largest absolute Gasteiger partial charge is 0.454 e. The molecule has 0 radical (unpaired) electrons. The van der Waals surface area contributed by atoms with E-state index in [2.05, 4.69) is 190 Å². The van der Waals surface area contributed by atoms with E-state index in [0.29, 0.717) is 0 Å². The zero-order valence-electron chi connectivity index (χ0n) is 31.9. The highest BCUT2D eigenvalue weighted by Gasteiger charge is 2.43. The Bertz CT molecular complexity index is 3310. The molecule has 10 aromatic rings. The van der Waals surface area contributed by atoms with Crippen LogP contribution in [0.3, 0.4) is 0 Å². The molecule has 0 saturated heterocycles. The van der Waals surface area contributed by atoms with Gasteiger partial charge in [-0.05, 0) is 125 Å². The first-order chi connectivity index (χ1) is 27.3. The van der Waals surface area contributed by atoms with Crippen LogP contribution in [-0.4, -0.2) is 0 Å². The first-order valence-electron chi connectivity index (χ1n) is 19.8. The molecule has 0 bridgehead atoms. The van der Waals surface area contributed by atoms with Gasteiger partial charge in [0.05, 0.1) is 5.69 Å². The third-order valence-electron chi connectivity index (χ3n) is 13.1. The molecule has 266 valence electrons. The quantitative estimate of drug-likeness (QED) is 0.169. The molecule has 56 heavy (non-hydrogen) atoms. The molecule has 1 aromatic heterocycles. The van der Waals surface area contributed by atoms with Crippen molar-refractivity contribution < 1.29 is 4.42 Å². The highest BCUT2D eigenvalue weighted by Crippen LogP contribution is 2.60. The van der Waals surface area contributed by atoms with Crippen molar-refractivity contribution in [2.75, 3.05) is 4.90 Å². The second-order valence-electron chi connectivity index (χ2n) is 16.9. The first-order valence-corrected chi connectivity index (χ1v) is 19.8. The molecule has 2 aliphatic rings. The van der Waals surface area contributed by atoms with Gasteiger partial charge in [0, 0.05) is 33.0 Å². The van der Waals surface area contributed by atoms with Crippen molar-refractivity contribution in [3.63, 3.8) is 0 Å². The van der Waals surface area contributed by atoms with Crippen LogP contribution in [0.15, 0.2) is 168 Å². The Morgan fingerprint density at radius 2 is 1.07 bits per heavy atom. The van der Waals surface area contributed by atoms with Crippen LogP contribution >= 0.6 is 0 Å². The Morgan fingerprint density at radius 1 is 0.411 bits per heavy atom. The normalized spacial score (nSPS) is 14.7. The van der Waals surface area contributed by atoms with E-state index in [1.165, 1.54) is 76.8 Å². The van der Waals surface area contributed by atoms with Gasteiger partial charge in [-0.2, -0.15) is 0 Å². The van der Waals surface area contributed by atoms with E-state index in [-0.39, 0.29) is 10.8 Å². The van der Waals surface area contributed by atoms with E-state index in [0.717, 1.165) is 39.0 Å². The van der Waals surface area contributed by atoms with Gasteiger partial charge in [-0.25, -0.2) is 0 Å². The predicted molar refractivity (Wildman–Crippen MR) is 236 cm³/mol. The molecule has 0 atom stereocenters. The van der Waals surface area contributed by atoms with Gasteiger partial charge >= 0.3 is 0 Å². The Morgan fingerprint density at radius 3 is 1.91 bits per heavy atom. The fourth-order valence-electron chi connectivity index (χ4n) is 10.7. The summed E-state index contributed by atoms with van der Waals surface area (Å²) >= 11 is 0. The van der Waals surface area contributed by atoms with Gasteiger partial charge in [0.1, 0.15) is 5.58 Å². The van der Waals surface area contributed by atoms with E-state index in [1.807, 2.05) is 6.07 Å². The van der Waals surface area contributed by atoms with E-state index in [9.17, 15) is 0 Å². The zero-order valence-corrected chi connectivity index (χ0v) is 31.9. The molecule has 2 nitrogen and oxygen atoms in total. The molecule has 1 heterocycles. The standard InChI is InChI=1S/C54H39NO/c1-53(2)45-31-44-46(30-43(45)40-27-25-32-15-8-9-18-35(32)50(40)53)54(3,4)51-39-28-26-34(29-42(39)36-19-10-11-21-38(36)49(44)51)55(33-16-6-5-7-17-33)47-23-14-22-41-37-20-12-13-24-48(37)56-52(41)47/h5-31H,1-4H3. The van der Waals surface area contributed by atoms with Crippen LogP contribution in [0.25, 0.3) is 76.5 Å². The van der Waals surface area contributed by atoms with E-state index in [4.69, 9.17) is 4.42 Å². The number of benzene rings is 9. The summed E-state index contributed by atoms with van der Waals surface area (Å²) in [6, 6.07) is 60.4. The van der Waals surface area contributed by atoms with Gasteiger partial charge < -0.3 is 9.32 Å². The molecule has 0 saturated carbocycles. The molecule has 2 aliphatic carbocycles. The van der Waals surface area contributed by atoms with Gasteiger partial charge in [0.25, 0.3) is 0 Å². The van der Waals surface area contributed by atoms with Crippen LogP contribution in [0.2, 0.25) is 0 Å². The van der Waals surface area contributed by atoms with Crippen LogP contribution in [0, 0.1) is 0 Å². The average molecular weight is 718 g/mol. The third kappa shape index (κ3) is 4.06. The van der Waals surface area contributed by atoms with E-state index < -0.39 is 0 Å². The molecule has 0 spiro atoms. The number of rotatable bonds is 3. The van der Waals surface area contributed by atoms with Crippen molar-refractivity contribution in [2.45, 2.75) is 38.5 Å². The SMILES string of the molecule is CC1(C)c2cc3c(cc2-c2ccc4ccccc4c21)C(C)(C)c1c-3c2ccccc2c2cc(N(c3ccccc3)c3cccc4c3oc3ccccc34)ccc12. The molecular formula is C54H39NO. The summed E-state index contributed by atoms with van der Waals surface area (Å²) in [5.41, 5.74) is 15.9. The minimum absolute atomic E-state index is 0.126. The van der Waals surface area contributed by atoms with Gasteiger partial charge in [-0.3, -0.25) is 0 Å². The molecule has 0 amide bonds. The first kappa shape index (κ1) is 31.7. The zero-order chi connectivity index (χ0) is 37.5. The van der Waals surface area contributed by atoms with Gasteiger partial charge in [-0.1, -0.05) is 143 Å². The van der Waals surface area contributed by atoms with Crippen molar-refractivity contribution in [3.05, 3.63) is 186 Å². The number of fused-ring (bicyclic) bond motifs is 16. The monoisotopic (exact) mass is 717 g/mol. The topological polar surface area (TPSA) is 16.4 Å². The van der Waals surface area contributed by atoms with Crippen LogP contribution in [0.5, 0.6) is 0 Å². The van der Waals surface area contributed by atoms with Gasteiger partial charge in [-0.15, -0.1) is 0 Å². The molecule has 0 unspecified atom stereocenters. The summed E-state index contributed by atoms with van der Waals surface area (Å²) in [6.07, 6.45) is 0. The average Bonchev–Trinajstić information content (AvgIpc) is 3.81. The Kier molecular flexibility index (Phi) is 6.22. The molecule has 2 heteroatoms. The van der Waals surface area contributed by atoms with E-state index in [1.54, 1.807) is 0 Å². The minimum Gasteiger partial charge on any atom is -0.454 e. The summed E-state index contributed by atoms with van der Waals surface area (Å²) in [7, 11) is 0. The summed E-state index contributed by atoms with van der Waals surface area (Å²) in [6.45, 7) is 9.71. The predicted octanol–water partition coefficient (Wildman–Crippen LogP) is 15.1. The number of hydrogen-bond acceptors (Lipinski definition) is 2. The second-order valence-corrected chi connectivity index (χ2v) is 16.9. The van der Waals surface area contributed by atoms with Crippen LogP contribution in [0.4, 0.5) is 17.1 Å². The van der Waals surface area contributed by atoms with Crippen LogP contribution in [0.1, 0.15) is 49.9 Å². The minimum atomic E-state index is -0.216. The summed E-state index contributed by atoms with van der Waals surface area (Å²) in [5, 5.41) is 10.1. The van der Waals surface area contributed by atoms with Crippen molar-refractivity contribution in [3.8, 4) is 22.3 Å². The van der Waals surface area contributed by atoms with Crippen molar-refractivity contribution >= 4 is 71.3 Å². The highest BCUT2D eigenvalue weighted by molar-refractivity contribution is 6.20. The Labute approximate surface area is 326 Å². The lowest BCUT2D eigenvalue weighted by Gasteiger charge is -2.28. The number of furan rings is 1. The number of nitrogens with zero attached hydrogens (tertiary/aromatic N) is 1. The molecule has 0 N–H and O–H groups in total. The lowest BCUT2D eigenvalue weighted by atomic mass is 9.77. The molecule has 0 aliphatic heterocycles. The van der Waals surface area contributed by atoms with Gasteiger partial charge in [0.2, 0.25) is 0 Å². The maximum Gasteiger partial charge on any atom is 0.159 e. The van der Waals surface area contributed by atoms with Gasteiger partial charge in [0.15, 0.2) is 5.58 Å². The lowest BCUT2D eigenvalue weighted by molar-refractivity contribution is 0.657. The Hall–Kier alpha value is -6.64. The Balaban J connectivity index is 1.10. The van der Waals surface area contributed by atoms with Crippen molar-refractivity contribution in [1.82, 2.24) is 0 Å². The number of anilines is 3.